The number of carbonyl (C=O) groups is 2. The molecule has 0 saturated carbocycles. The number of nitrogens with one attached hydrogen (secondary N) is 1. The highest BCUT2D eigenvalue weighted by Crippen LogP contribution is 2.12. The molecule has 2 amide bonds. The van der Waals surface area contributed by atoms with Crippen LogP contribution in [0.4, 0.5) is 0 Å². The van der Waals surface area contributed by atoms with Crippen LogP contribution in [0.25, 0.3) is 0 Å². The molecule has 116 valence electrons. The number of rotatable bonds is 5. The molecule has 0 aliphatic carbocycles. The van der Waals surface area contributed by atoms with E-state index in [9.17, 15) is 9.59 Å². The molecule has 0 radical (unpaired) electrons. The number of aryl methyl sites for hydroxylation is 3. The Hall–Kier alpha value is -2.63. The van der Waals surface area contributed by atoms with Crippen LogP contribution >= 0.6 is 0 Å². The molecular weight excluding hydrogens is 282 g/mol. The van der Waals surface area contributed by atoms with Crippen molar-refractivity contribution in [3.63, 3.8) is 0 Å². The maximum Gasteiger partial charge on any atom is 0.251 e. The van der Waals surface area contributed by atoms with Gasteiger partial charge in [0.2, 0.25) is 5.91 Å². The van der Waals surface area contributed by atoms with Crippen LogP contribution in [0, 0.1) is 20.8 Å². The number of primary amides is 1. The third-order valence-corrected chi connectivity index (χ3v) is 3.41. The summed E-state index contributed by atoms with van der Waals surface area (Å²) in [6.07, 6.45) is 0.587. The average molecular weight is 301 g/mol. The smallest absolute Gasteiger partial charge is 0.251 e. The van der Waals surface area contributed by atoms with Gasteiger partial charge in [-0.25, -0.2) is 4.98 Å². The lowest BCUT2D eigenvalue weighted by atomic mass is 10.0. The number of hydrogen-bond donors (Lipinski definition) is 2. The van der Waals surface area contributed by atoms with Gasteiger partial charge in [-0.15, -0.1) is 0 Å². The summed E-state index contributed by atoms with van der Waals surface area (Å²) in [5.41, 5.74) is 7.63. The molecule has 0 unspecified atom stereocenters. The second-order valence-electron chi connectivity index (χ2n) is 5.14. The molecule has 1 heterocycles. The normalized spacial score (nSPS) is 10.5. The number of amides is 2. The fraction of sp³-hybridized carbons (Fsp3) is 0.312. The molecule has 22 heavy (non-hydrogen) atoms. The van der Waals surface area contributed by atoms with E-state index in [2.05, 4.69) is 10.3 Å². The third-order valence-electron chi connectivity index (χ3n) is 3.41. The molecule has 3 N–H and O–H groups in total. The van der Waals surface area contributed by atoms with Gasteiger partial charge in [0.05, 0.1) is 5.69 Å². The summed E-state index contributed by atoms with van der Waals surface area (Å²) in [6.45, 7) is 5.88. The monoisotopic (exact) mass is 301 g/mol. The standard InChI is InChI=1S/C16H19N3O3/c1-9-4-5-12(15(17)20)8-13(9)16(21)18-7-6-14-10(2)22-11(3)19-14/h4-5,8H,6-7H2,1-3H3,(H2,17,20)(H,18,21). The van der Waals surface area contributed by atoms with E-state index in [1.807, 2.05) is 13.8 Å². The average Bonchev–Trinajstić information content (AvgIpc) is 2.77. The van der Waals surface area contributed by atoms with Crippen molar-refractivity contribution >= 4 is 11.8 Å². The molecular formula is C16H19N3O3. The summed E-state index contributed by atoms with van der Waals surface area (Å²) in [4.78, 5) is 27.7. The van der Waals surface area contributed by atoms with Crippen LogP contribution in [0.1, 0.15) is 43.6 Å². The van der Waals surface area contributed by atoms with Crippen LogP contribution in [0.2, 0.25) is 0 Å². The molecule has 6 heteroatoms. The quantitative estimate of drug-likeness (QED) is 0.877. The highest BCUT2D eigenvalue weighted by molar-refractivity contribution is 6.00. The lowest BCUT2D eigenvalue weighted by Gasteiger charge is -2.08. The van der Waals surface area contributed by atoms with Gasteiger partial charge >= 0.3 is 0 Å². The zero-order chi connectivity index (χ0) is 16.3. The van der Waals surface area contributed by atoms with E-state index in [1.54, 1.807) is 19.1 Å². The van der Waals surface area contributed by atoms with Gasteiger partial charge in [-0.05, 0) is 31.5 Å². The number of hydrogen-bond acceptors (Lipinski definition) is 4. The Morgan fingerprint density at radius 3 is 2.59 bits per heavy atom. The van der Waals surface area contributed by atoms with Crippen molar-refractivity contribution in [2.45, 2.75) is 27.2 Å². The number of oxazole rings is 1. The molecule has 0 bridgehead atoms. The number of carbonyl (C=O) groups excluding carboxylic acids is 2. The zero-order valence-corrected chi connectivity index (χ0v) is 12.9. The van der Waals surface area contributed by atoms with Crippen molar-refractivity contribution in [2.24, 2.45) is 5.73 Å². The molecule has 0 saturated heterocycles. The second-order valence-corrected chi connectivity index (χ2v) is 5.14. The Kier molecular flexibility index (Phi) is 4.60. The predicted octanol–water partition coefficient (Wildman–Crippen LogP) is 1.67. The maximum absolute atomic E-state index is 12.2. The van der Waals surface area contributed by atoms with Crippen LogP contribution in [0.5, 0.6) is 0 Å². The molecule has 0 aliphatic rings. The van der Waals surface area contributed by atoms with Crippen LogP contribution < -0.4 is 11.1 Å². The van der Waals surface area contributed by atoms with Crippen molar-refractivity contribution in [3.8, 4) is 0 Å². The Balaban J connectivity index is 2.02. The van der Waals surface area contributed by atoms with E-state index >= 15 is 0 Å². The highest BCUT2D eigenvalue weighted by Gasteiger charge is 2.12. The number of aromatic nitrogens is 1. The molecule has 1 aromatic heterocycles. The molecule has 1 aromatic carbocycles. The van der Waals surface area contributed by atoms with Crippen molar-refractivity contribution in [2.75, 3.05) is 6.54 Å². The van der Waals surface area contributed by atoms with Crippen molar-refractivity contribution in [1.82, 2.24) is 10.3 Å². The van der Waals surface area contributed by atoms with Gasteiger partial charge < -0.3 is 15.5 Å². The maximum atomic E-state index is 12.2. The molecule has 0 atom stereocenters. The van der Waals surface area contributed by atoms with Gasteiger partial charge in [-0.2, -0.15) is 0 Å². The Morgan fingerprint density at radius 1 is 1.27 bits per heavy atom. The summed E-state index contributed by atoms with van der Waals surface area (Å²) in [5, 5.41) is 2.82. The van der Waals surface area contributed by atoms with E-state index in [0.29, 0.717) is 30.0 Å². The first-order chi connectivity index (χ1) is 10.4. The minimum Gasteiger partial charge on any atom is -0.446 e. The highest BCUT2D eigenvalue weighted by atomic mass is 16.4. The van der Waals surface area contributed by atoms with E-state index in [0.717, 1.165) is 17.0 Å². The first-order valence-corrected chi connectivity index (χ1v) is 7.00. The van der Waals surface area contributed by atoms with Crippen molar-refractivity contribution in [1.29, 1.82) is 0 Å². The SMILES string of the molecule is Cc1nc(CCNC(=O)c2cc(C(N)=O)ccc2C)c(C)o1. The molecule has 0 fully saturated rings. The lowest BCUT2D eigenvalue weighted by molar-refractivity contribution is 0.0953. The third kappa shape index (κ3) is 3.52. The van der Waals surface area contributed by atoms with Crippen molar-refractivity contribution in [3.05, 3.63) is 52.2 Å². The summed E-state index contributed by atoms with van der Waals surface area (Å²) >= 11 is 0. The minimum absolute atomic E-state index is 0.238. The zero-order valence-electron chi connectivity index (χ0n) is 12.9. The van der Waals surface area contributed by atoms with E-state index in [1.165, 1.54) is 6.07 Å². The number of nitrogens with two attached hydrogens (primary N) is 1. The molecule has 2 rings (SSSR count). The van der Waals surface area contributed by atoms with E-state index < -0.39 is 5.91 Å². The van der Waals surface area contributed by atoms with E-state index in [-0.39, 0.29) is 5.91 Å². The summed E-state index contributed by atoms with van der Waals surface area (Å²) in [7, 11) is 0. The summed E-state index contributed by atoms with van der Waals surface area (Å²) in [5.74, 6) is 0.587. The van der Waals surface area contributed by atoms with Gasteiger partial charge in [0, 0.05) is 31.0 Å². The molecule has 0 spiro atoms. The predicted molar refractivity (Wildman–Crippen MR) is 81.7 cm³/mol. The van der Waals surface area contributed by atoms with Crippen LogP contribution in [0.3, 0.4) is 0 Å². The second kappa shape index (κ2) is 6.43. The fourth-order valence-electron chi connectivity index (χ4n) is 2.21. The molecule has 0 aliphatic heterocycles. The van der Waals surface area contributed by atoms with Gasteiger partial charge in [0.1, 0.15) is 5.76 Å². The largest absolute Gasteiger partial charge is 0.446 e. The fourth-order valence-corrected chi connectivity index (χ4v) is 2.21. The topological polar surface area (TPSA) is 98.2 Å². The number of benzene rings is 1. The number of nitrogens with zero attached hydrogens (tertiary/aromatic N) is 1. The molecule has 2 aromatic rings. The van der Waals surface area contributed by atoms with Gasteiger partial charge in [0.15, 0.2) is 5.89 Å². The summed E-state index contributed by atoms with van der Waals surface area (Å²) < 4.78 is 5.34. The van der Waals surface area contributed by atoms with E-state index in [4.69, 9.17) is 10.2 Å². The van der Waals surface area contributed by atoms with Crippen molar-refractivity contribution < 1.29 is 14.0 Å². The molecule has 6 nitrogen and oxygen atoms in total. The first-order valence-electron chi connectivity index (χ1n) is 7.00. The Bertz CT molecular complexity index is 719. The van der Waals surface area contributed by atoms with Crippen LogP contribution in [0.15, 0.2) is 22.6 Å². The van der Waals surface area contributed by atoms with Gasteiger partial charge in [-0.3, -0.25) is 9.59 Å². The summed E-state index contributed by atoms with van der Waals surface area (Å²) in [6, 6.07) is 4.83. The first kappa shape index (κ1) is 15.8. The van der Waals surface area contributed by atoms with Gasteiger partial charge in [-0.1, -0.05) is 6.07 Å². The van der Waals surface area contributed by atoms with Crippen LogP contribution in [-0.2, 0) is 6.42 Å². The van der Waals surface area contributed by atoms with Gasteiger partial charge in [0.25, 0.3) is 5.91 Å². The Morgan fingerprint density at radius 2 is 2.00 bits per heavy atom. The Labute approximate surface area is 128 Å². The van der Waals surface area contributed by atoms with Crippen LogP contribution in [-0.4, -0.2) is 23.3 Å². The minimum atomic E-state index is -0.553. The lowest BCUT2D eigenvalue weighted by Crippen LogP contribution is -2.27.